The normalized spacial score (nSPS) is 11.0. The molecule has 170 valence electrons. The minimum Gasteiger partial charge on any atom is -0.478 e. The predicted molar refractivity (Wildman–Crippen MR) is 132 cm³/mol. The molecule has 0 aliphatic rings. The highest BCUT2D eigenvalue weighted by atomic mass is 35.5. The first-order valence-electron chi connectivity index (χ1n) is 10.1. The van der Waals surface area contributed by atoms with E-state index in [9.17, 15) is 14.7 Å². The molecule has 0 unspecified atom stereocenters. The summed E-state index contributed by atoms with van der Waals surface area (Å²) in [5.74, 6) is -0.789. The van der Waals surface area contributed by atoms with Gasteiger partial charge in [0.2, 0.25) is 0 Å². The summed E-state index contributed by atoms with van der Waals surface area (Å²) in [6, 6.07) is 23.3. The molecular formula is C24H18ClN5O3S. The quantitative estimate of drug-likeness (QED) is 0.213. The van der Waals surface area contributed by atoms with E-state index >= 15 is 0 Å². The number of carbonyl (C=O) groups excluding carboxylic acids is 1. The van der Waals surface area contributed by atoms with Gasteiger partial charge in [-0.2, -0.15) is 5.10 Å². The number of nitrogens with one attached hydrogen (secondary N) is 1. The van der Waals surface area contributed by atoms with Crippen molar-refractivity contribution in [3.63, 3.8) is 0 Å². The van der Waals surface area contributed by atoms with Crippen LogP contribution < -0.4 is 5.43 Å². The van der Waals surface area contributed by atoms with Crippen molar-refractivity contribution in [1.82, 2.24) is 20.2 Å². The highest BCUT2D eigenvalue weighted by molar-refractivity contribution is 7.99. The van der Waals surface area contributed by atoms with Crippen molar-refractivity contribution in [1.29, 1.82) is 0 Å². The summed E-state index contributed by atoms with van der Waals surface area (Å²) in [6.07, 6.45) is 1.30. The molecule has 0 aliphatic carbocycles. The molecule has 3 aromatic carbocycles. The van der Waals surface area contributed by atoms with Gasteiger partial charge in [-0.3, -0.25) is 9.36 Å². The van der Waals surface area contributed by atoms with Crippen molar-refractivity contribution in [3.8, 4) is 17.1 Å². The van der Waals surface area contributed by atoms with E-state index in [1.165, 1.54) is 24.0 Å². The van der Waals surface area contributed by atoms with Crippen LogP contribution in [0.15, 0.2) is 89.1 Å². The Morgan fingerprint density at radius 2 is 1.71 bits per heavy atom. The lowest BCUT2D eigenvalue weighted by Gasteiger charge is -2.10. The topological polar surface area (TPSA) is 109 Å². The molecule has 1 amide bonds. The van der Waals surface area contributed by atoms with Gasteiger partial charge in [-0.25, -0.2) is 10.2 Å². The molecule has 0 bridgehead atoms. The lowest BCUT2D eigenvalue weighted by molar-refractivity contribution is -0.118. The number of hydrogen-bond donors (Lipinski definition) is 2. The fourth-order valence-corrected chi connectivity index (χ4v) is 3.97. The number of thioether (sulfide) groups is 1. The number of rotatable bonds is 8. The van der Waals surface area contributed by atoms with E-state index in [4.69, 9.17) is 11.6 Å². The SMILES string of the molecule is O=C(CSc1nnc(-c2ccc(Cl)cc2)n1-c1ccccc1)N/N=C\c1ccccc1C(=O)O. The van der Waals surface area contributed by atoms with E-state index in [2.05, 4.69) is 20.7 Å². The van der Waals surface area contributed by atoms with Crippen LogP contribution in [0.1, 0.15) is 15.9 Å². The van der Waals surface area contributed by atoms with E-state index in [0.29, 0.717) is 21.6 Å². The Kier molecular flexibility index (Phi) is 7.36. The zero-order chi connectivity index (χ0) is 23.9. The second kappa shape index (κ2) is 10.8. The average Bonchev–Trinajstić information content (AvgIpc) is 3.28. The molecule has 0 spiro atoms. The summed E-state index contributed by atoms with van der Waals surface area (Å²) in [7, 11) is 0. The van der Waals surface area contributed by atoms with Gasteiger partial charge < -0.3 is 5.11 Å². The third-order valence-corrected chi connectivity index (χ3v) is 5.85. The maximum atomic E-state index is 12.4. The van der Waals surface area contributed by atoms with Gasteiger partial charge >= 0.3 is 5.97 Å². The Hall–Kier alpha value is -3.95. The molecule has 8 nitrogen and oxygen atoms in total. The first kappa shape index (κ1) is 23.2. The Morgan fingerprint density at radius 3 is 2.44 bits per heavy atom. The summed E-state index contributed by atoms with van der Waals surface area (Å²) < 4.78 is 1.87. The fraction of sp³-hybridized carbons (Fsp3) is 0.0417. The molecule has 2 N–H and O–H groups in total. The second-order valence-electron chi connectivity index (χ2n) is 6.96. The van der Waals surface area contributed by atoms with E-state index < -0.39 is 5.97 Å². The van der Waals surface area contributed by atoms with Gasteiger partial charge in [-0.1, -0.05) is 59.8 Å². The predicted octanol–water partition coefficient (Wildman–Crippen LogP) is 4.53. The first-order chi connectivity index (χ1) is 16.5. The van der Waals surface area contributed by atoms with Gasteiger partial charge in [0, 0.05) is 21.8 Å². The number of hydrogen-bond acceptors (Lipinski definition) is 6. The minimum absolute atomic E-state index is 0.0313. The molecule has 4 rings (SSSR count). The van der Waals surface area contributed by atoms with E-state index in [0.717, 1.165) is 11.3 Å². The number of para-hydroxylation sites is 1. The standard InChI is InChI=1S/C24H18ClN5O3S/c25-18-12-10-16(11-13-18)22-28-29-24(30(22)19-7-2-1-3-8-19)34-15-21(31)27-26-14-17-6-4-5-9-20(17)23(32)33/h1-14H,15H2,(H,27,31)(H,32,33)/b26-14-. The molecule has 0 saturated heterocycles. The number of carboxylic acids is 1. The smallest absolute Gasteiger partial charge is 0.336 e. The number of aromatic carboxylic acids is 1. The van der Waals surface area contributed by atoms with Crippen LogP contribution in [-0.4, -0.2) is 43.7 Å². The second-order valence-corrected chi connectivity index (χ2v) is 8.34. The molecule has 0 saturated carbocycles. The maximum absolute atomic E-state index is 12.4. The van der Waals surface area contributed by atoms with E-state index in [-0.39, 0.29) is 17.2 Å². The highest BCUT2D eigenvalue weighted by Gasteiger charge is 2.17. The number of hydrazone groups is 1. The van der Waals surface area contributed by atoms with Crippen LogP contribution in [0.5, 0.6) is 0 Å². The zero-order valence-electron chi connectivity index (χ0n) is 17.6. The van der Waals surface area contributed by atoms with Crippen molar-refractivity contribution in [2.75, 3.05) is 5.75 Å². The van der Waals surface area contributed by atoms with Crippen molar-refractivity contribution < 1.29 is 14.7 Å². The lowest BCUT2D eigenvalue weighted by Crippen LogP contribution is -2.20. The minimum atomic E-state index is -1.07. The van der Waals surface area contributed by atoms with Crippen LogP contribution in [0.4, 0.5) is 0 Å². The zero-order valence-corrected chi connectivity index (χ0v) is 19.2. The maximum Gasteiger partial charge on any atom is 0.336 e. The van der Waals surface area contributed by atoms with Gasteiger partial charge in [-0.05, 0) is 42.5 Å². The number of amides is 1. The molecule has 0 atom stereocenters. The summed E-state index contributed by atoms with van der Waals surface area (Å²) in [4.78, 5) is 23.6. The summed E-state index contributed by atoms with van der Waals surface area (Å²) >= 11 is 7.22. The number of carboxylic acid groups (broad SMARTS) is 1. The van der Waals surface area contributed by atoms with Gasteiger partial charge in [-0.15, -0.1) is 10.2 Å². The van der Waals surface area contributed by atoms with Crippen molar-refractivity contribution in [2.24, 2.45) is 5.10 Å². The lowest BCUT2D eigenvalue weighted by atomic mass is 10.1. The number of carbonyl (C=O) groups is 2. The summed E-state index contributed by atoms with van der Waals surface area (Å²) in [5.41, 5.74) is 4.58. The fourth-order valence-electron chi connectivity index (χ4n) is 3.10. The molecule has 0 fully saturated rings. The van der Waals surface area contributed by atoms with Gasteiger partial charge in [0.15, 0.2) is 11.0 Å². The third kappa shape index (κ3) is 5.51. The largest absolute Gasteiger partial charge is 0.478 e. The number of nitrogens with zero attached hydrogens (tertiary/aromatic N) is 4. The number of benzene rings is 3. The van der Waals surface area contributed by atoms with Gasteiger partial charge in [0.25, 0.3) is 5.91 Å². The Labute approximate surface area is 204 Å². The number of aromatic nitrogens is 3. The molecular weight excluding hydrogens is 474 g/mol. The van der Waals surface area contributed by atoms with Crippen molar-refractivity contribution in [3.05, 3.63) is 95.0 Å². The Bertz CT molecular complexity index is 1340. The average molecular weight is 492 g/mol. The number of halogens is 1. The third-order valence-electron chi connectivity index (χ3n) is 4.67. The first-order valence-corrected chi connectivity index (χ1v) is 11.4. The molecule has 10 heteroatoms. The highest BCUT2D eigenvalue weighted by Crippen LogP contribution is 2.28. The monoisotopic (exact) mass is 491 g/mol. The van der Waals surface area contributed by atoms with Crippen LogP contribution in [0, 0.1) is 0 Å². The van der Waals surface area contributed by atoms with Crippen molar-refractivity contribution >= 4 is 41.5 Å². The van der Waals surface area contributed by atoms with Crippen LogP contribution in [-0.2, 0) is 4.79 Å². The molecule has 4 aromatic rings. The Balaban J connectivity index is 1.49. The van der Waals surface area contributed by atoms with E-state index in [1.807, 2.05) is 47.0 Å². The van der Waals surface area contributed by atoms with Crippen LogP contribution >= 0.6 is 23.4 Å². The van der Waals surface area contributed by atoms with Gasteiger partial charge in [0.05, 0.1) is 17.5 Å². The molecule has 1 aromatic heterocycles. The van der Waals surface area contributed by atoms with Gasteiger partial charge in [0.1, 0.15) is 0 Å². The molecule has 0 aliphatic heterocycles. The molecule has 0 radical (unpaired) electrons. The summed E-state index contributed by atoms with van der Waals surface area (Å²) in [5, 5.41) is 22.9. The van der Waals surface area contributed by atoms with Crippen molar-refractivity contribution in [2.45, 2.75) is 5.16 Å². The molecule has 34 heavy (non-hydrogen) atoms. The Morgan fingerprint density at radius 1 is 1.00 bits per heavy atom. The summed E-state index contributed by atoms with van der Waals surface area (Å²) in [6.45, 7) is 0. The van der Waals surface area contributed by atoms with Crippen LogP contribution in [0.25, 0.3) is 17.1 Å². The molecule has 1 heterocycles. The van der Waals surface area contributed by atoms with Crippen LogP contribution in [0.3, 0.4) is 0 Å². The van der Waals surface area contributed by atoms with Crippen LogP contribution in [0.2, 0.25) is 5.02 Å². The van der Waals surface area contributed by atoms with E-state index in [1.54, 1.807) is 30.3 Å².